The number of halogens is 2. The van der Waals surface area contributed by atoms with Crippen molar-refractivity contribution in [1.82, 2.24) is 5.32 Å². The Morgan fingerprint density at radius 1 is 1.00 bits per heavy atom. The van der Waals surface area contributed by atoms with E-state index in [0.29, 0.717) is 29.4 Å². The molecule has 0 aromatic heterocycles. The molecule has 0 saturated heterocycles. The van der Waals surface area contributed by atoms with Gasteiger partial charge in [-0.1, -0.05) is 59.6 Å². The van der Waals surface area contributed by atoms with Crippen LogP contribution in [0.15, 0.2) is 42.5 Å². The van der Waals surface area contributed by atoms with E-state index in [2.05, 4.69) is 5.32 Å². The van der Waals surface area contributed by atoms with E-state index < -0.39 is 0 Å². The molecule has 2 aromatic rings. The van der Waals surface area contributed by atoms with E-state index in [0.717, 1.165) is 16.7 Å². The maximum atomic E-state index is 11.9. The van der Waals surface area contributed by atoms with Crippen molar-refractivity contribution in [2.45, 2.75) is 26.0 Å². The second kappa shape index (κ2) is 8.18. The Morgan fingerprint density at radius 2 is 1.68 bits per heavy atom. The first-order chi connectivity index (χ1) is 10.6. The van der Waals surface area contributed by atoms with Gasteiger partial charge in [-0.2, -0.15) is 0 Å². The highest BCUT2D eigenvalue weighted by Gasteiger charge is 2.08. The first-order valence-corrected chi connectivity index (χ1v) is 7.74. The smallest absolute Gasteiger partial charge is 0.220 e. The Morgan fingerprint density at radius 3 is 2.41 bits per heavy atom. The van der Waals surface area contributed by atoms with E-state index in [9.17, 15) is 9.90 Å². The molecule has 0 bridgehead atoms. The molecule has 0 unspecified atom stereocenters. The van der Waals surface area contributed by atoms with E-state index in [-0.39, 0.29) is 12.5 Å². The van der Waals surface area contributed by atoms with E-state index in [1.165, 1.54) is 0 Å². The summed E-state index contributed by atoms with van der Waals surface area (Å²) in [6.07, 6.45) is 0.869. The minimum Gasteiger partial charge on any atom is -0.392 e. The number of carbonyl (C=O) groups excluding carboxylic acids is 1. The van der Waals surface area contributed by atoms with Crippen LogP contribution < -0.4 is 5.32 Å². The van der Waals surface area contributed by atoms with Gasteiger partial charge in [0.25, 0.3) is 0 Å². The first kappa shape index (κ1) is 16.8. The van der Waals surface area contributed by atoms with Crippen LogP contribution >= 0.6 is 23.2 Å². The number of hydrogen-bond acceptors (Lipinski definition) is 2. The third-order valence-electron chi connectivity index (χ3n) is 3.42. The topological polar surface area (TPSA) is 49.3 Å². The molecule has 2 rings (SSSR count). The van der Waals surface area contributed by atoms with Gasteiger partial charge in [-0.3, -0.25) is 4.79 Å². The van der Waals surface area contributed by atoms with Crippen molar-refractivity contribution in [3.63, 3.8) is 0 Å². The Labute approximate surface area is 139 Å². The number of amides is 1. The second-order valence-electron chi connectivity index (χ2n) is 4.92. The van der Waals surface area contributed by atoms with Crippen molar-refractivity contribution in [1.29, 1.82) is 0 Å². The molecule has 22 heavy (non-hydrogen) atoms. The minimum absolute atomic E-state index is 0.0375. The average Bonchev–Trinajstić information content (AvgIpc) is 2.54. The average molecular weight is 338 g/mol. The van der Waals surface area contributed by atoms with Gasteiger partial charge in [0.2, 0.25) is 5.91 Å². The number of rotatable bonds is 6. The van der Waals surface area contributed by atoms with Crippen molar-refractivity contribution >= 4 is 29.1 Å². The predicted molar refractivity (Wildman–Crippen MR) is 89.0 cm³/mol. The number of hydrogen-bond donors (Lipinski definition) is 2. The Balaban J connectivity index is 1.87. The first-order valence-electron chi connectivity index (χ1n) is 6.99. The molecule has 0 aliphatic heterocycles. The van der Waals surface area contributed by atoms with E-state index in [1.807, 2.05) is 36.4 Å². The largest absolute Gasteiger partial charge is 0.392 e. The highest BCUT2D eigenvalue weighted by Crippen LogP contribution is 2.26. The lowest BCUT2D eigenvalue weighted by Gasteiger charge is -2.09. The monoisotopic (exact) mass is 337 g/mol. The number of carbonyl (C=O) groups is 1. The molecule has 0 heterocycles. The molecule has 0 aliphatic carbocycles. The fraction of sp³-hybridized carbons (Fsp3) is 0.235. The van der Waals surface area contributed by atoms with Gasteiger partial charge >= 0.3 is 0 Å². The number of nitrogens with one attached hydrogen (secondary N) is 1. The molecule has 0 saturated carbocycles. The molecule has 2 N–H and O–H groups in total. The lowest BCUT2D eigenvalue weighted by molar-refractivity contribution is -0.121. The summed E-state index contributed by atoms with van der Waals surface area (Å²) < 4.78 is 0. The van der Waals surface area contributed by atoms with Gasteiger partial charge in [-0.15, -0.1) is 0 Å². The summed E-state index contributed by atoms with van der Waals surface area (Å²) in [5.41, 5.74) is 2.60. The van der Waals surface area contributed by atoms with Gasteiger partial charge < -0.3 is 10.4 Å². The molecule has 0 radical (unpaired) electrons. The van der Waals surface area contributed by atoms with Gasteiger partial charge in [0.15, 0.2) is 0 Å². The van der Waals surface area contributed by atoms with Gasteiger partial charge in [0.1, 0.15) is 0 Å². The van der Waals surface area contributed by atoms with Crippen LogP contribution in [0.25, 0.3) is 0 Å². The van der Waals surface area contributed by atoms with Gasteiger partial charge in [0.05, 0.1) is 16.7 Å². The second-order valence-corrected chi connectivity index (χ2v) is 5.70. The highest BCUT2D eigenvalue weighted by molar-refractivity contribution is 6.42. The maximum absolute atomic E-state index is 11.9. The van der Waals surface area contributed by atoms with Crippen LogP contribution in [-0.2, 0) is 24.4 Å². The van der Waals surface area contributed by atoms with Crippen LogP contribution in [0.5, 0.6) is 0 Å². The summed E-state index contributed by atoms with van der Waals surface area (Å²) in [6.45, 7) is 0.364. The van der Waals surface area contributed by atoms with Crippen molar-refractivity contribution in [3.05, 3.63) is 69.2 Å². The van der Waals surface area contributed by atoms with Gasteiger partial charge in [0, 0.05) is 13.0 Å². The molecule has 3 nitrogen and oxygen atoms in total. The van der Waals surface area contributed by atoms with Crippen molar-refractivity contribution < 1.29 is 9.90 Å². The lowest BCUT2D eigenvalue weighted by atomic mass is 10.1. The molecule has 116 valence electrons. The fourth-order valence-corrected chi connectivity index (χ4v) is 2.57. The molecule has 0 atom stereocenters. The van der Waals surface area contributed by atoms with Crippen LogP contribution in [-0.4, -0.2) is 11.0 Å². The van der Waals surface area contributed by atoms with Crippen LogP contribution in [0.4, 0.5) is 0 Å². The zero-order valence-electron chi connectivity index (χ0n) is 12.0. The van der Waals surface area contributed by atoms with Crippen LogP contribution in [0, 0.1) is 0 Å². The number of benzene rings is 2. The molecule has 2 aromatic carbocycles. The van der Waals surface area contributed by atoms with Crippen molar-refractivity contribution in [2.75, 3.05) is 0 Å². The Kier molecular flexibility index (Phi) is 6.25. The molecule has 0 fully saturated rings. The maximum Gasteiger partial charge on any atom is 0.220 e. The number of aryl methyl sites for hydroxylation is 1. The summed E-state index contributed by atoms with van der Waals surface area (Å²) in [5.74, 6) is -0.0659. The third-order valence-corrected chi connectivity index (χ3v) is 4.28. The normalized spacial score (nSPS) is 10.5. The van der Waals surface area contributed by atoms with E-state index in [4.69, 9.17) is 23.2 Å². The van der Waals surface area contributed by atoms with E-state index >= 15 is 0 Å². The zero-order valence-corrected chi connectivity index (χ0v) is 13.5. The van der Waals surface area contributed by atoms with Crippen LogP contribution in [0.1, 0.15) is 23.1 Å². The molecular formula is C17H17Cl2NO2. The molecular weight excluding hydrogens is 321 g/mol. The molecule has 5 heteroatoms. The number of aliphatic hydroxyl groups is 1. The predicted octanol–water partition coefficient (Wildman–Crippen LogP) is 3.73. The summed E-state index contributed by atoms with van der Waals surface area (Å²) >= 11 is 12.0. The SMILES string of the molecule is O=C(CCc1cccc(Cl)c1Cl)NCc1ccccc1CO. The van der Waals surface area contributed by atoms with Gasteiger partial charge in [-0.05, 0) is 29.2 Å². The van der Waals surface area contributed by atoms with Gasteiger partial charge in [-0.25, -0.2) is 0 Å². The molecule has 0 aliphatic rings. The lowest BCUT2D eigenvalue weighted by Crippen LogP contribution is -2.23. The quantitative estimate of drug-likeness (QED) is 0.843. The van der Waals surface area contributed by atoms with Crippen LogP contribution in [0.3, 0.4) is 0 Å². The van der Waals surface area contributed by atoms with Crippen molar-refractivity contribution in [3.8, 4) is 0 Å². The summed E-state index contributed by atoms with van der Waals surface area (Å²) in [5, 5.41) is 13.1. The van der Waals surface area contributed by atoms with Crippen molar-refractivity contribution in [2.24, 2.45) is 0 Å². The zero-order chi connectivity index (χ0) is 15.9. The summed E-state index contributed by atoms with van der Waals surface area (Å²) in [7, 11) is 0. The highest BCUT2D eigenvalue weighted by atomic mass is 35.5. The van der Waals surface area contributed by atoms with E-state index in [1.54, 1.807) is 6.07 Å². The Hall–Kier alpha value is -1.55. The minimum atomic E-state index is -0.0659. The Bertz CT molecular complexity index is 659. The fourth-order valence-electron chi connectivity index (χ4n) is 2.16. The molecule has 0 spiro atoms. The number of aliphatic hydroxyl groups excluding tert-OH is 1. The van der Waals surface area contributed by atoms with Crippen LogP contribution in [0.2, 0.25) is 10.0 Å². The summed E-state index contributed by atoms with van der Waals surface area (Å²) in [4.78, 5) is 11.9. The molecule has 1 amide bonds. The standard InChI is InChI=1S/C17H17Cl2NO2/c18-15-7-3-6-12(17(15)19)8-9-16(22)20-10-13-4-1-2-5-14(13)11-21/h1-7,21H,8-11H2,(H,20,22). The third kappa shape index (κ3) is 4.47. The summed E-state index contributed by atoms with van der Waals surface area (Å²) in [6, 6.07) is 12.9.